The minimum atomic E-state index is -1.06. The maximum atomic E-state index is 12.2. The van der Waals surface area contributed by atoms with Gasteiger partial charge in [0.2, 0.25) is 5.91 Å². The van der Waals surface area contributed by atoms with Crippen molar-refractivity contribution in [1.82, 2.24) is 5.32 Å². The van der Waals surface area contributed by atoms with Crippen molar-refractivity contribution in [2.75, 3.05) is 25.1 Å². The van der Waals surface area contributed by atoms with Gasteiger partial charge in [0, 0.05) is 0 Å². The van der Waals surface area contributed by atoms with Crippen LogP contribution in [0.1, 0.15) is 0 Å². The van der Waals surface area contributed by atoms with Crippen LogP contribution < -0.4 is 15.0 Å². The number of carbonyl (C=O) groups is 2. The molecule has 1 amide bonds. The van der Waals surface area contributed by atoms with Crippen molar-refractivity contribution >= 4 is 17.6 Å². The van der Waals surface area contributed by atoms with Gasteiger partial charge in [-0.1, -0.05) is 12.1 Å². The number of ether oxygens (including phenoxy) is 1. The standard InChI is InChI=1S/C12H14N2O4/c1-13-8-7-18-10-5-3-2-4-9(10)14(12(8)17)6-11(15)16/h2-5,8,13H,6-7H2,1H3,(H,15,16)/t8-/m0/s1. The third kappa shape index (κ3) is 2.28. The number of hydrogen-bond donors (Lipinski definition) is 2. The van der Waals surface area contributed by atoms with Gasteiger partial charge in [-0.3, -0.25) is 14.5 Å². The zero-order chi connectivity index (χ0) is 13.1. The Morgan fingerprint density at radius 1 is 1.56 bits per heavy atom. The maximum Gasteiger partial charge on any atom is 0.323 e. The minimum Gasteiger partial charge on any atom is -0.489 e. The summed E-state index contributed by atoms with van der Waals surface area (Å²) < 4.78 is 5.52. The highest BCUT2D eigenvalue weighted by atomic mass is 16.5. The first-order chi connectivity index (χ1) is 8.63. The van der Waals surface area contributed by atoms with Gasteiger partial charge in [-0.05, 0) is 19.2 Å². The fourth-order valence-corrected chi connectivity index (χ4v) is 1.86. The number of carbonyl (C=O) groups excluding carboxylic acids is 1. The van der Waals surface area contributed by atoms with E-state index in [2.05, 4.69) is 5.32 Å². The molecule has 1 aliphatic rings. The summed E-state index contributed by atoms with van der Waals surface area (Å²) >= 11 is 0. The molecule has 6 nitrogen and oxygen atoms in total. The van der Waals surface area contributed by atoms with Gasteiger partial charge in [0.25, 0.3) is 0 Å². The largest absolute Gasteiger partial charge is 0.489 e. The van der Waals surface area contributed by atoms with Crippen molar-refractivity contribution in [1.29, 1.82) is 0 Å². The van der Waals surface area contributed by atoms with E-state index in [0.717, 1.165) is 0 Å². The zero-order valence-corrected chi connectivity index (χ0v) is 9.92. The second kappa shape index (κ2) is 5.05. The van der Waals surface area contributed by atoms with Crippen LogP contribution in [-0.4, -0.2) is 43.2 Å². The molecule has 0 aromatic heterocycles. The fraction of sp³-hybridized carbons (Fsp3) is 0.333. The van der Waals surface area contributed by atoms with Crippen LogP contribution in [0.5, 0.6) is 5.75 Å². The first kappa shape index (κ1) is 12.4. The van der Waals surface area contributed by atoms with Crippen LogP contribution >= 0.6 is 0 Å². The average molecular weight is 250 g/mol. The van der Waals surface area contributed by atoms with E-state index < -0.39 is 12.0 Å². The molecule has 1 aromatic rings. The molecule has 1 aromatic carbocycles. The number of fused-ring (bicyclic) bond motifs is 1. The van der Waals surface area contributed by atoms with Gasteiger partial charge in [-0.15, -0.1) is 0 Å². The molecule has 2 rings (SSSR count). The Balaban J connectivity index is 2.41. The van der Waals surface area contributed by atoms with Crippen molar-refractivity contribution in [2.45, 2.75) is 6.04 Å². The number of amides is 1. The van der Waals surface area contributed by atoms with Gasteiger partial charge in [-0.25, -0.2) is 0 Å². The van der Waals surface area contributed by atoms with Crippen molar-refractivity contribution in [3.63, 3.8) is 0 Å². The molecule has 2 N–H and O–H groups in total. The van der Waals surface area contributed by atoms with Crippen LogP contribution in [0.2, 0.25) is 0 Å². The molecule has 0 aliphatic carbocycles. The van der Waals surface area contributed by atoms with Crippen LogP contribution in [0.3, 0.4) is 0 Å². The number of para-hydroxylation sites is 2. The molecule has 1 atom stereocenters. The quantitative estimate of drug-likeness (QED) is 0.794. The summed E-state index contributed by atoms with van der Waals surface area (Å²) in [6, 6.07) is 6.37. The number of carboxylic acids is 1. The fourth-order valence-electron chi connectivity index (χ4n) is 1.86. The van der Waals surface area contributed by atoms with Crippen molar-refractivity contribution in [3.8, 4) is 5.75 Å². The number of rotatable bonds is 3. The van der Waals surface area contributed by atoms with Crippen LogP contribution in [0, 0.1) is 0 Å². The Hall–Kier alpha value is -2.08. The summed E-state index contributed by atoms with van der Waals surface area (Å²) in [5, 5.41) is 11.7. The Morgan fingerprint density at radius 3 is 2.94 bits per heavy atom. The van der Waals surface area contributed by atoms with Crippen LogP contribution in [-0.2, 0) is 9.59 Å². The molecule has 0 bridgehead atoms. The second-order valence-electron chi connectivity index (χ2n) is 3.94. The van der Waals surface area contributed by atoms with Crippen molar-refractivity contribution in [2.24, 2.45) is 0 Å². The molecule has 0 saturated heterocycles. The molecular formula is C12H14N2O4. The van der Waals surface area contributed by atoms with E-state index in [-0.39, 0.29) is 19.1 Å². The van der Waals surface area contributed by atoms with E-state index in [4.69, 9.17) is 9.84 Å². The number of likely N-dealkylation sites (N-methyl/N-ethyl adjacent to an activating group) is 1. The number of benzene rings is 1. The number of aliphatic carboxylic acids is 1. The Labute approximate surface area is 104 Å². The van der Waals surface area contributed by atoms with Gasteiger partial charge < -0.3 is 15.2 Å². The van der Waals surface area contributed by atoms with Gasteiger partial charge in [-0.2, -0.15) is 0 Å². The third-order valence-electron chi connectivity index (χ3n) is 2.77. The van der Waals surface area contributed by atoms with Crippen LogP contribution in [0.4, 0.5) is 5.69 Å². The predicted octanol–water partition coefficient (Wildman–Crippen LogP) is 0.0846. The lowest BCUT2D eigenvalue weighted by molar-refractivity contribution is -0.136. The van der Waals surface area contributed by atoms with Gasteiger partial charge in [0.1, 0.15) is 24.9 Å². The van der Waals surface area contributed by atoms with Crippen LogP contribution in [0.15, 0.2) is 24.3 Å². The van der Waals surface area contributed by atoms with Gasteiger partial charge in [0.15, 0.2) is 0 Å². The summed E-state index contributed by atoms with van der Waals surface area (Å²) in [6.45, 7) is -0.195. The number of carboxylic acid groups (broad SMARTS) is 1. The molecule has 18 heavy (non-hydrogen) atoms. The predicted molar refractivity (Wildman–Crippen MR) is 64.8 cm³/mol. The first-order valence-electron chi connectivity index (χ1n) is 5.55. The third-order valence-corrected chi connectivity index (χ3v) is 2.77. The smallest absolute Gasteiger partial charge is 0.323 e. The summed E-state index contributed by atoms with van der Waals surface area (Å²) in [6.07, 6.45) is 0. The van der Waals surface area contributed by atoms with Crippen molar-refractivity contribution in [3.05, 3.63) is 24.3 Å². The molecule has 1 heterocycles. The minimum absolute atomic E-state index is 0.183. The second-order valence-corrected chi connectivity index (χ2v) is 3.94. The molecule has 6 heteroatoms. The molecular weight excluding hydrogens is 236 g/mol. The monoisotopic (exact) mass is 250 g/mol. The van der Waals surface area contributed by atoms with E-state index >= 15 is 0 Å². The lowest BCUT2D eigenvalue weighted by atomic mass is 10.2. The lowest BCUT2D eigenvalue weighted by Gasteiger charge is -2.22. The lowest BCUT2D eigenvalue weighted by Crippen LogP contribution is -2.48. The molecule has 1 aliphatic heterocycles. The molecule has 0 unspecified atom stereocenters. The van der Waals surface area contributed by atoms with E-state index in [1.54, 1.807) is 31.3 Å². The highest BCUT2D eigenvalue weighted by Gasteiger charge is 2.31. The highest BCUT2D eigenvalue weighted by molar-refractivity contribution is 6.02. The summed E-state index contributed by atoms with van der Waals surface area (Å²) in [4.78, 5) is 24.3. The number of anilines is 1. The van der Waals surface area contributed by atoms with E-state index in [1.807, 2.05) is 0 Å². The summed E-state index contributed by atoms with van der Waals surface area (Å²) in [5.41, 5.74) is 0.489. The molecule has 0 saturated carbocycles. The Kier molecular flexibility index (Phi) is 3.47. The van der Waals surface area contributed by atoms with E-state index in [9.17, 15) is 9.59 Å². The normalized spacial score (nSPS) is 18.8. The maximum absolute atomic E-state index is 12.2. The van der Waals surface area contributed by atoms with Gasteiger partial charge >= 0.3 is 5.97 Å². The molecule has 96 valence electrons. The summed E-state index contributed by atoms with van der Waals surface area (Å²) in [7, 11) is 1.64. The van der Waals surface area contributed by atoms with E-state index in [1.165, 1.54) is 4.90 Å². The highest BCUT2D eigenvalue weighted by Crippen LogP contribution is 2.30. The Morgan fingerprint density at radius 2 is 2.28 bits per heavy atom. The summed E-state index contributed by atoms with van der Waals surface area (Å²) in [5.74, 6) is -0.843. The number of nitrogens with one attached hydrogen (secondary N) is 1. The average Bonchev–Trinajstić information content (AvgIpc) is 2.48. The van der Waals surface area contributed by atoms with Gasteiger partial charge in [0.05, 0.1) is 5.69 Å². The SMILES string of the molecule is CN[C@H]1COc2ccccc2N(CC(=O)O)C1=O. The molecule has 0 radical (unpaired) electrons. The first-order valence-corrected chi connectivity index (χ1v) is 5.55. The van der Waals surface area contributed by atoms with E-state index in [0.29, 0.717) is 11.4 Å². The van der Waals surface area contributed by atoms with Crippen LogP contribution in [0.25, 0.3) is 0 Å². The number of nitrogens with zero attached hydrogens (tertiary/aromatic N) is 1. The topological polar surface area (TPSA) is 78.9 Å². The zero-order valence-electron chi connectivity index (χ0n) is 9.92. The molecule has 0 fully saturated rings. The van der Waals surface area contributed by atoms with Crippen molar-refractivity contribution < 1.29 is 19.4 Å². The number of hydrogen-bond acceptors (Lipinski definition) is 4. The molecule has 0 spiro atoms. The Bertz CT molecular complexity index is 475.